The van der Waals surface area contributed by atoms with Crippen LogP contribution in [0.1, 0.15) is 54.1 Å². The molecule has 0 unspecified atom stereocenters. The Hall–Kier alpha value is -3.79. The van der Waals surface area contributed by atoms with Crippen LogP contribution < -0.4 is 16.4 Å². The van der Waals surface area contributed by atoms with Crippen molar-refractivity contribution < 1.29 is 14.4 Å². The molecule has 2 aromatic rings. The fraction of sp³-hybridized carbons (Fsp3) is 0.444. The van der Waals surface area contributed by atoms with Crippen molar-refractivity contribution in [2.45, 2.75) is 46.1 Å². The molecule has 0 saturated heterocycles. The highest BCUT2D eigenvalue weighted by atomic mass is 16.2. The standard InChI is InChI=1S/C27H39N7O3/c1-8-22-18(3)30-26(24(32-22)25(28)36)31-21-12-9-11-20(15-21)17(2)16-29-27(37)19(4)34(7)23(35)13-10-14-33(5)6/h9-13,15,17,19H,8,14,16H2,1-7H3,(H2,28,36)(H,29,37)(H,30,31)/b13-10+/t17-,19-/m0/s1. The Kier molecular flexibility index (Phi) is 10.7. The number of amides is 3. The third-order valence-corrected chi connectivity index (χ3v) is 6.08. The molecule has 10 heteroatoms. The maximum Gasteiger partial charge on any atom is 0.271 e. The van der Waals surface area contributed by atoms with Crippen LogP contribution in [0.2, 0.25) is 0 Å². The lowest BCUT2D eigenvalue weighted by atomic mass is 10.0. The van der Waals surface area contributed by atoms with Crippen LogP contribution in [0.25, 0.3) is 0 Å². The van der Waals surface area contributed by atoms with Gasteiger partial charge in [0.1, 0.15) is 6.04 Å². The topological polar surface area (TPSA) is 134 Å². The minimum absolute atomic E-state index is 0.00945. The van der Waals surface area contributed by atoms with Gasteiger partial charge < -0.3 is 26.2 Å². The molecule has 0 bridgehead atoms. The van der Waals surface area contributed by atoms with Gasteiger partial charge in [0.15, 0.2) is 11.5 Å². The molecule has 0 aliphatic heterocycles. The van der Waals surface area contributed by atoms with Crippen LogP contribution in [0.5, 0.6) is 0 Å². The number of aromatic nitrogens is 2. The van der Waals surface area contributed by atoms with Crippen LogP contribution >= 0.6 is 0 Å². The summed E-state index contributed by atoms with van der Waals surface area (Å²) in [5.41, 5.74) is 8.78. The number of hydrogen-bond acceptors (Lipinski definition) is 7. The molecule has 0 fully saturated rings. The van der Waals surface area contributed by atoms with Crippen molar-refractivity contribution in [3.8, 4) is 0 Å². The predicted molar refractivity (Wildman–Crippen MR) is 146 cm³/mol. The molecule has 37 heavy (non-hydrogen) atoms. The summed E-state index contributed by atoms with van der Waals surface area (Å²) < 4.78 is 0. The van der Waals surface area contributed by atoms with Crippen LogP contribution in [0.3, 0.4) is 0 Å². The summed E-state index contributed by atoms with van der Waals surface area (Å²) in [7, 11) is 5.44. The number of carbonyl (C=O) groups excluding carboxylic acids is 3. The number of benzene rings is 1. The molecule has 0 saturated carbocycles. The van der Waals surface area contributed by atoms with Gasteiger partial charge in [0, 0.05) is 31.9 Å². The Bertz CT molecular complexity index is 1150. The van der Waals surface area contributed by atoms with Crippen LogP contribution in [0.15, 0.2) is 36.4 Å². The highest BCUT2D eigenvalue weighted by Crippen LogP contribution is 2.23. The SMILES string of the molecule is CCc1nc(C(N)=O)c(Nc2cccc([C@@H](C)CNC(=O)[C@H](C)N(C)C(=O)/C=C/CN(C)C)c2)nc1C. The molecule has 0 spiro atoms. The van der Waals surface area contributed by atoms with E-state index < -0.39 is 11.9 Å². The molecule has 1 heterocycles. The summed E-state index contributed by atoms with van der Waals surface area (Å²) in [6.45, 7) is 8.52. The van der Waals surface area contributed by atoms with Gasteiger partial charge in [0.05, 0.1) is 11.4 Å². The summed E-state index contributed by atoms with van der Waals surface area (Å²) in [5, 5.41) is 6.10. The molecule has 0 aliphatic carbocycles. The first kappa shape index (κ1) is 29.4. The lowest BCUT2D eigenvalue weighted by Gasteiger charge is -2.24. The van der Waals surface area contributed by atoms with E-state index in [1.807, 2.05) is 64.0 Å². The quantitative estimate of drug-likeness (QED) is 0.374. The average molecular weight is 510 g/mol. The third kappa shape index (κ3) is 8.38. The maximum atomic E-state index is 12.7. The van der Waals surface area contributed by atoms with Crippen molar-refractivity contribution in [2.24, 2.45) is 5.73 Å². The van der Waals surface area contributed by atoms with E-state index in [0.717, 1.165) is 22.6 Å². The van der Waals surface area contributed by atoms with E-state index in [4.69, 9.17) is 5.73 Å². The van der Waals surface area contributed by atoms with Crippen LogP contribution in [0.4, 0.5) is 11.5 Å². The molecule has 1 aromatic heterocycles. The van der Waals surface area contributed by atoms with Crippen molar-refractivity contribution >= 4 is 29.2 Å². The zero-order valence-electron chi connectivity index (χ0n) is 22.8. The molecule has 10 nitrogen and oxygen atoms in total. The minimum atomic E-state index is -0.650. The Balaban J connectivity index is 2.05. The number of carbonyl (C=O) groups is 3. The van der Waals surface area contributed by atoms with Gasteiger partial charge in [0.25, 0.3) is 5.91 Å². The number of anilines is 2. The van der Waals surface area contributed by atoms with Crippen molar-refractivity contribution in [3.63, 3.8) is 0 Å². The molecule has 3 amide bonds. The van der Waals surface area contributed by atoms with Gasteiger partial charge in [-0.15, -0.1) is 0 Å². The van der Waals surface area contributed by atoms with Gasteiger partial charge in [-0.1, -0.05) is 32.1 Å². The molecule has 4 N–H and O–H groups in total. The lowest BCUT2D eigenvalue weighted by Crippen LogP contribution is -2.46. The largest absolute Gasteiger partial charge is 0.364 e. The minimum Gasteiger partial charge on any atom is -0.364 e. The van der Waals surface area contributed by atoms with E-state index in [-0.39, 0.29) is 23.4 Å². The fourth-order valence-electron chi connectivity index (χ4n) is 3.58. The Morgan fingerprint density at radius 3 is 2.46 bits per heavy atom. The fourth-order valence-corrected chi connectivity index (χ4v) is 3.58. The highest BCUT2D eigenvalue weighted by Gasteiger charge is 2.21. The van der Waals surface area contributed by atoms with Gasteiger partial charge >= 0.3 is 0 Å². The molecule has 2 atom stereocenters. The number of likely N-dealkylation sites (N-methyl/N-ethyl adjacent to an activating group) is 2. The maximum absolute atomic E-state index is 12.7. The van der Waals surface area contributed by atoms with Crippen molar-refractivity contribution in [1.82, 2.24) is 25.1 Å². The Morgan fingerprint density at radius 1 is 1.14 bits per heavy atom. The smallest absolute Gasteiger partial charge is 0.271 e. The molecular weight excluding hydrogens is 470 g/mol. The van der Waals surface area contributed by atoms with E-state index in [1.54, 1.807) is 20.0 Å². The molecule has 0 aliphatic rings. The van der Waals surface area contributed by atoms with Gasteiger partial charge in [-0.25, -0.2) is 9.97 Å². The number of hydrogen-bond donors (Lipinski definition) is 3. The number of nitrogens with one attached hydrogen (secondary N) is 2. The Morgan fingerprint density at radius 2 is 1.84 bits per heavy atom. The van der Waals surface area contributed by atoms with E-state index in [1.165, 1.54) is 11.0 Å². The van der Waals surface area contributed by atoms with Crippen molar-refractivity contribution in [2.75, 3.05) is 39.5 Å². The zero-order valence-corrected chi connectivity index (χ0v) is 22.8. The van der Waals surface area contributed by atoms with Crippen molar-refractivity contribution in [3.05, 3.63) is 59.1 Å². The van der Waals surface area contributed by atoms with Gasteiger partial charge in [0.2, 0.25) is 11.8 Å². The van der Waals surface area contributed by atoms with E-state index >= 15 is 0 Å². The van der Waals surface area contributed by atoms with E-state index in [9.17, 15) is 14.4 Å². The number of aryl methyl sites for hydroxylation is 2. The third-order valence-electron chi connectivity index (χ3n) is 6.08. The second-order valence-corrected chi connectivity index (χ2v) is 9.36. The second kappa shape index (κ2) is 13.5. The predicted octanol–water partition coefficient (Wildman–Crippen LogP) is 2.37. The first-order chi connectivity index (χ1) is 17.4. The van der Waals surface area contributed by atoms with Crippen molar-refractivity contribution in [1.29, 1.82) is 0 Å². The second-order valence-electron chi connectivity index (χ2n) is 9.36. The first-order valence-corrected chi connectivity index (χ1v) is 12.3. The van der Waals surface area contributed by atoms with Crippen LogP contribution in [-0.2, 0) is 16.0 Å². The number of rotatable bonds is 12. The number of primary amides is 1. The first-order valence-electron chi connectivity index (χ1n) is 12.3. The number of nitrogens with two attached hydrogens (primary N) is 1. The highest BCUT2D eigenvalue weighted by molar-refractivity contribution is 5.96. The Labute approximate surface area is 219 Å². The summed E-state index contributed by atoms with van der Waals surface area (Å²) in [5.74, 6) is -0.809. The molecule has 2 rings (SSSR count). The molecule has 1 aromatic carbocycles. The van der Waals surface area contributed by atoms with Crippen LogP contribution in [0, 0.1) is 6.92 Å². The van der Waals surface area contributed by atoms with Gasteiger partial charge in [-0.2, -0.15) is 0 Å². The lowest BCUT2D eigenvalue weighted by molar-refractivity contribution is -0.135. The van der Waals surface area contributed by atoms with E-state index in [0.29, 0.717) is 25.3 Å². The zero-order chi connectivity index (χ0) is 27.7. The summed E-state index contributed by atoms with van der Waals surface area (Å²) in [6, 6.07) is 7.02. The summed E-state index contributed by atoms with van der Waals surface area (Å²) in [6.07, 6.45) is 3.90. The monoisotopic (exact) mass is 509 g/mol. The molecule has 200 valence electrons. The van der Waals surface area contributed by atoms with E-state index in [2.05, 4.69) is 20.6 Å². The summed E-state index contributed by atoms with van der Waals surface area (Å²) >= 11 is 0. The normalized spacial score (nSPS) is 12.9. The summed E-state index contributed by atoms with van der Waals surface area (Å²) in [4.78, 5) is 49.2. The van der Waals surface area contributed by atoms with Gasteiger partial charge in [-0.3, -0.25) is 14.4 Å². The average Bonchev–Trinajstić information content (AvgIpc) is 2.85. The number of nitrogens with zero attached hydrogens (tertiary/aromatic N) is 4. The molecular formula is C27H39N7O3. The van der Waals surface area contributed by atoms with Crippen LogP contribution in [-0.4, -0.2) is 77.8 Å². The molecule has 0 radical (unpaired) electrons. The van der Waals surface area contributed by atoms with Gasteiger partial charge in [-0.05, 0) is 58.0 Å².